The molecule has 19 heavy (non-hydrogen) atoms. The Morgan fingerprint density at radius 3 is 2.89 bits per heavy atom. The molecule has 0 bridgehead atoms. The van der Waals surface area contributed by atoms with Gasteiger partial charge in [-0.15, -0.1) is 0 Å². The van der Waals surface area contributed by atoms with Crippen LogP contribution in [0.1, 0.15) is 18.0 Å². The molecule has 3 N–H and O–H groups in total. The molecular weight excluding hydrogens is 268 g/mol. The number of nitrogens with one attached hydrogen (secondary N) is 1. The summed E-state index contributed by atoms with van der Waals surface area (Å²) in [5, 5.41) is 0. The molecule has 3 rings (SSSR count). The Balaban J connectivity index is 1.93. The molecule has 1 fully saturated rings. The summed E-state index contributed by atoms with van der Waals surface area (Å²) >= 11 is 0. The lowest BCUT2D eigenvalue weighted by Gasteiger charge is -2.17. The molecule has 1 saturated heterocycles. The molecule has 2 aromatic rings. The number of H-pyrrole nitrogens is 1. The van der Waals surface area contributed by atoms with Crippen molar-refractivity contribution in [1.29, 1.82) is 0 Å². The maximum atomic E-state index is 11.5. The van der Waals surface area contributed by atoms with Crippen LogP contribution < -0.4 is 11.5 Å². The van der Waals surface area contributed by atoms with E-state index in [9.17, 15) is 13.2 Å². The first-order chi connectivity index (χ1) is 8.94. The Hall–Kier alpha value is -1.60. The topological polar surface area (TPSA) is 106 Å². The maximum absolute atomic E-state index is 11.5. The van der Waals surface area contributed by atoms with Gasteiger partial charge in [0.15, 0.2) is 15.4 Å². The molecule has 1 aliphatic heterocycles. The van der Waals surface area contributed by atoms with Crippen LogP contribution in [0.15, 0.2) is 27.4 Å². The normalized spacial score (nSPS) is 23.7. The molecule has 0 radical (unpaired) electrons. The van der Waals surface area contributed by atoms with E-state index in [4.69, 9.17) is 10.2 Å². The Labute approximate surface area is 109 Å². The molecule has 1 aromatic heterocycles. The third-order valence-electron chi connectivity index (χ3n) is 3.61. The fourth-order valence-corrected chi connectivity index (χ4v) is 4.40. The number of oxazole rings is 1. The number of sulfone groups is 1. The molecular formula is C12H14N2O4S. The van der Waals surface area contributed by atoms with Crippen molar-refractivity contribution in [1.82, 2.24) is 4.98 Å². The zero-order valence-corrected chi connectivity index (χ0v) is 10.9. The van der Waals surface area contributed by atoms with Crippen molar-refractivity contribution >= 4 is 20.9 Å². The third-order valence-corrected chi connectivity index (χ3v) is 5.40. The second kappa shape index (κ2) is 4.21. The Kier molecular flexibility index (Phi) is 2.75. The van der Waals surface area contributed by atoms with Gasteiger partial charge in [-0.25, -0.2) is 13.2 Å². The van der Waals surface area contributed by atoms with Crippen molar-refractivity contribution in [2.75, 3.05) is 11.5 Å². The van der Waals surface area contributed by atoms with Gasteiger partial charge in [0.1, 0.15) is 0 Å². The minimum absolute atomic E-state index is 0.0758. The smallest absolute Gasteiger partial charge is 0.408 e. The molecule has 2 heterocycles. The van der Waals surface area contributed by atoms with Gasteiger partial charge in [-0.05, 0) is 30.0 Å². The van der Waals surface area contributed by atoms with Gasteiger partial charge in [0.2, 0.25) is 0 Å². The number of hydrogen-bond acceptors (Lipinski definition) is 5. The van der Waals surface area contributed by atoms with Crippen LogP contribution in [0.5, 0.6) is 0 Å². The van der Waals surface area contributed by atoms with Crippen molar-refractivity contribution in [2.24, 2.45) is 11.7 Å². The number of hydrogen-bond donors (Lipinski definition) is 2. The van der Waals surface area contributed by atoms with Gasteiger partial charge >= 0.3 is 5.76 Å². The zero-order chi connectivity index (χ0) is 13.6. The van der Waals surface area contributed by atoms with E-state index in [2.05, 4.69) is 4.98 Å². The van der Waals surface area contributed by atoms with Crippen LogP contribution in [0, 0.1) is 5.92 Å². The Morgan fingerprint density at radius 2 is 2.21 bits per heavy atom. The van der Waals surface area contributed by atoms with Crippen LogP contribution in [0.2, 0.25) is 0 Å². The van der Waals surface area contributed by atoms with Crippen LogP contribution in [0.3, 0.4) is 0 Å². The largest absolute Gasteiger partial charge is 0.417 e. The van der Waals surface area contributed by atoms with E-state index in [1.54, 1.807) is 18.2 Å². The van der Waals surface area contributed by atoms with Crippen molar-refractivity contribution in [3.8, 4) is 0 Å². The maximum Gasteiger partial charge on any atom is 0.417 e. The van der Waals surface area contributed by atoms with E-state index >= 15 is 0 Å². The van der Waals surface area contributed by atoms with E-state index in [0.717, 1.165) is 5.56 Å². The molecule has 102 valence electrons. The molecule has 7 heteroatoms. The SMILES string of the molecule is NC(c1ccc2[nH]c(=O)oc2c1)C1CCS(=O)(=O)C1. The number of rotatable bonds is 2. The van der Waals surface area contributed by atoms with Gasteiger partial charge < -0.3 is 10.2 Å². The van der Waals surface area contributed by atoms with Crippen molar-refractivity contribution < 1.29 is 12.8 Å². The predicted molar refractivity (Wildman–Crippen MR) is 70.5 cm³/mol. The van der Waals surface area contributed by atoms with E-state index in [1.165, 1.54) is 0 Å². The van der Waals surface area contributed by atoms with Crippen LogP contribution >= 0.6 is 0 Å². The summed E-state index contributed by atoms with van der Waals surface area (Å²) in [6, 6.07) is 4.85. The number of benzene rings is 1. The molecule has 0 amide bonds. The van der Waals surface area contributed by atoms with Gasteiger partial charge in [0.25, 0.3) is 0 Å². The predicted octanol–water partition coefficient (Wildman–Crippen LogP) is 0.556. The van der Waals surface area contributed by atoms with Crippen LogP contribution in [-0.2, 0) is 9.84 Å². The minimum Gasteiger partial charge on any atom is -0.408 e. The molecule has 6 nitrogen and oxygen atoms in total. The van der Waals surface area contributed by atoms with Crippen LogP contribution in [0.4, 0.5) is 0 Å². The summed E-state index contributed by atoms with van der Waals surface area (Å²) in [5.41, 5.74) is 7.97. The molecule has 1 aromatic carbocycles. The van der Waals surface area contributed by atoms with E-state index in [0.29, 0.717) is 17.5 Å². The van der Waals surface area contributed by atoms with Gasteiger partial charge in [0, 0.05) is 6.04 Å². The summed E-state index contributed by atoms with van der Waals surface area (Å²) in [6.45, 7) is 0. The molecule has 1 aliphatic rings. The van der Waals surface area contributed by atoms with Crippen molar-refractivity contribution in [2.45, 2.75) is 12.5 Å². The summed E-state index contributed by atoms with van der Waals surface area (Å²) < 4.78 is 27.9. The summed E-state index contributed by atoms with van der Waals surface area (Å²) in [6.07, 6.45) is 0.582. The highest BCUT2D eigenvalue weighted by Crippen LogP contribution is 2.30. The number of aromatic nitrogens is 1. The molecule has 2 atom stereocenters. The molecule has 2 unspecified atom stereocenters. The summed E-state index contributed by atoms with van der Waals surface area (Å²) in [5.74, 6) is -0.256. The standard InChI is InChI=1S/C12H14N2O4S/c13-11(8-3-4-19(16,17)6-8)7-1-2-9-10(5-7)18-12(15)14-9/h1-2,5,8,11H,3-4,6,13H2,(H,14,15). The molecule has 0 saturated carbocycles. The second-order valence-electron chi connectivity index (χ2n) is 4.96. The first kappa shape index (κ1) is 12.4. The summed E-state index contributed by atoms with van der Waals surface area (Å²) in [4.78, 5) is 13.6. The van der Waals surface area contributed by atoms with Gasteiger partial charge in [-0.2, -0.15) is 0 Å². The van der Waals surface area contributed by atoms with E-state index in [-0.39, 0.29) is 23.5 Å². The highest BCUT2D eigenvalue weighted by atomic mass is 32.2. The molecule has 0 spiro atoms. The monoisotopic (exact) mass is 282 g/mol. The van der Waals surface area contributed by atoms with Crippen molar-refractivity contribution in [3.05, 3.63) is 34.3 Å². The first-order valence-corrected chi connectivity index (χ1v) is 7.85. The first-order valence-electron chi connectivity index (χ1n) is 6.03. The highest BCUT2D eigenvalue weighted by molar-refractivity contribution is 7.91. The van der Waals surface area contributed by atoms with Crippen LogP contribution in [0.25, 0.3) is 11.1 Å². The molecule has 0 aliphatic carbocycles. The lowest BCUT2D eigenvalue weighted by atomic mass is 9.93. The number of fused-ring (bicyclic) bond motifs is 1. The Morgan fingerprint density at radius 1 is 1.42 bits per heavy atom. The average molecular weight is 282 g/mol. The fourth-order valence-electron chi connectivity index (χ4n) is 2.55. The van der Waals surface area contributed by atoms with E-state index < -0.39 is 15.6 Å². The number of aromatic amines is 1. The Bertz CT molecular complexity index is 774. The average Bonchev–Trinajstić information content (AvgIpc) is 2.88. The minimum atomic E-state index is -2.95. The summed E-state index contributed by atoms with van der Waals surface area (Å²) in [7, 11) is -2.95. The number of nitrogens with two attached hydrogens (primary N) is 1. The van der Waals surface area contributed by atoms with Gasteiger partial charge in [-0.1, -0.05) is 6.07 Å². The van der Waals surface area contributed by atoms with E-state index in [1.807, 2.05) is 0 Å². The lowest BCUT2D eigenvalue weighted by molar-refractivity contribution is 0.479. The van der Waals surface area contributed by atoms with Gasteiger partial charge in [0.05, 0.1) is 17.0 Å². The fraction of sp³-hybridized carbons (Fsp3) is 0.417. The van der Waals surface area contributed by atoms with Gasteiger partial charge in [-0.3, -0.25) is 4.98 Å². The highest BCUT2D eigenvalue weighted by Gasteiger charge is 2.32. The zero-order valence-electron chi connectivity index (χ0n) is 10.1. The lowest BCUT2D eigenvalue weighted by Crippen LogP contribution is -2.22. The third kappa shape index (κ3) is 2.31. The van der Waals surface area contributed by atoms with Crippen molar-refractivity contribution in [3.63, 3.8) is 0 Å². The second-order valence-corrected chi connectivity index (χ2v) is 7.19. The van der Waals surface area contributed by atoms with Crippen LogP contribution in [-0.4, -0.2) is 24.9 Å². The quantitative estimate of drug-likeness (QED) is 0.837.